The summed E-state index contributed by atoms with van der Waals surface area (Å²) in [5.41, 5.74) is 5.27. The summed E-state index contributed by atoms with van der Waals surface area (Å²) in [6.45, 7) is 7.31. The van der Waals surface area contributed by atoms with Gasteiger partial charge in [0.1, 0.15) is 0 Å². The Labute approximate surface area is 233 Å². The molecular formula is C33H47N3O3. The summed E-state index contributed by atoms with van der Waals surface area (Å²) in [5, 5.41) is 27.1. The molecule has 1 aromatic heterocycles. The Morgan fingerprint density at radius 1 is 1.10 bits per heavy atom. The highest BCUT2D eigenvalue weighted by Gasteiger charge is 2.62. The maximum atomic E-state index is 12.7. The van der Waals surface area contributed by atoms with E-state index in [1.165, 1.54) is 25.7 Å². The van der Waals surface area contributed by atoms with Gasteiger partial charge < -0.3 is 15.2 Å². The summed E-state index contributed by atoms with van der Waals surface area (Å²) in [5.74, 6) is 3.02. The number of aliphatic hydroxyl groups is 2. The van der Waals surface area contributed by atoms with Crippen LogP contribution in [0.15, 0.2) is 35.6 Å². The number of hydrogen-bond acceptors (Lipinski definition) is 4. The molecular weight excluding hydrogens is 486 g/mol. The Morgan fingerprint density at radius 2 is 1.87 bits per heavy atom. The molecule has 6 nitrogen and oxygen atoms in total. The van der Waals surface area contributed by atoms with Crippen LogP contribution >= 0.6 is 0 Å². The van der Waals surface area contributed by atoms with Gasteiger partial charge in [-0.2, -0.15) is 5.10 Å². The van der Waals surface area contributed by atoms with Crippen molar-refractivity contribution in [2.45, 2.75) is 97.2 Å². The Bertz CT molecular complexity index is 1220. The van der Waals surface area contributed by atoms with E-state index in [-0.39, 0.29) is 28.9 Å². The van der Waals surface area contributed by atoms with E-state index in [0.717, 1.165) is 48.6 Å². The zero-order chi connectivity index (χ0) is 27.4. The summed E-state index contributed by atoms with van der Waals surface area (Å²) >= 11 is 0. The van der Waals surface area contributed by atoms with E-state index >= 15 is 0 Å². The van der Waals surface area contributed by atoms with Gasteiger partial charge in [-0.25, -0.2) is 5.43 Å². The third-order valence-corrected chi connectivity index (χ3v) is 12.3. The van der Waals surface area contributed by atoms with Crippen LogP contribution in [0.1, 0.15) is 90.5 Å². The largest absolute Gasteiger partial charge is 0.393 e. The summed E-state index contributed by atoms with van der Waals surface area (Å²) in [6.07, 6.45) is 13.2. The fourth-order valence-corrected chi connectivity index (χ4v) is 10.2. The number of hydrogen-bond donors (Lipinski definition) is 4. The van der Waals surface area contributed by atoms with Crippen LogP contribution in [0.25, 0.3) is 10.9 Å². The first kappa shape index (κ1) is 27.0. The van der Waals surface area contributed by atoms with E-state index in [4.69, 9.17) is 0 Å². The minimum atomic E-state index is -0.238. The van der Waals surface area contributed by atoms with Crippen molar-refractivity contribution < 1.29 is 15.0 Å². The standard InChI is InChI=1S/C33H47N3O3/c1-20(8-11-30(39)36-35-19-21-18-34-28-7-5-4-6-24(21)28)25-9-10-26-31-27(13-15-33(25,26)3)32(2)14-12-23(37)16-22(32)17-29(31)38/h4-7,18-20,22-23,25-27,29,31,34,37-38H,8-17H2,1-3H3,(H,36,39)/b35-19-. The van der Waals surface area contributed by atoms with Gasteiger partial charge in [0.15, 0.2) is 0 Å². The van der Waals surface area contributed by atoms with E-state index in [1.807, 2.05) is 30.5 Å². The zero-order valence-corrected chi connectivity index (χ0v) is 23.9. The topological polar surface area (TPSA) is 97.7 Å². The van der Waals surface area contributed by atoms with Gasteiger partial charge in [-0.3, -0.25) is 4.79 Å². The molecule has 4 saturated carbocycles. The number of nitrogens with one attached hydrogen (secondary N) is 2. The maximum Gasteiger partial charge on any atom is 0.240 e. The average Bonchev–Trinajstić information content (AvgIpc) is 3.49. The molecule has 4 aliphatic carbocycles. The molecule has 6 heteroatoms. The van der Waals surface area contributed by atoms with Crippen molar-refractivity contribution in [3.05, 3.63) is 36.0 Å². The first-order chi connectivity index (χ1) is 18.7. The van der Waals surface area contributed by atoms with Crippen molar-refractivity contribution in [2.75, 3.05) is 0 Å². The van der Waals surface area contributed by atoms with Gasteiger partial charge in [-0.15, -0.1) is 0 Å². The molecule has 2 aromatic rings. The number of carbonyl (C=O) groups excluding carboxylic acids is 1. The molecule has 0 bridgehead atoms. The summed E-state index contributed by atoms with van der Waals surface area (Å²) in [4.78, 5) is 15.9. The average molecular weight is 534 g/mol. The van der Waals surface area contributed by atoms with Crippen LogP contribution in [-0.2, 0) is 4.79 Å². The predicted molar refractivity (Wildman–Crippen MR) is 155 cm³/mol. The summed E-state index contributed by atoms with van der Waals surface area (Å²) in [7, 11) is 0. The van der Waals surface area contributed by atoms with Crippen LogP contribution in [0.5, 0.6) is 0 Å². The number of nitrogens with zero attached hydrogens (tertiary/aromatic N) is 1. The van der Waals surface area contributed by atoms with Crippen LogP contribution in [-0.4, -0.2) is 39.5 Å². The highest BCUT2D eigenvalue weighted by Crippen LogP contribution is 2.68. The second-order valence-corrected chi connectivity index (χ2v) is 14.1. The third kappa shape index (κ3) is 4.65. The SMILES string of the molecule is CC(CCC(=O)N/N=C\c1c[nH]c2ccccc12)C1CCC2C3C(O)CC4CC(O)CCC4(C)C3CCC12C. The molecule has 4 N–H and O–H groups in total. The minimum absolute atomic E-state index is 0.0255. The maximum absolute atomic E-state index is 12.7. The lowest BCUT2D eigenvalue weighted by Crippen LogP contribution is -2.58. The molecule has 39 heavy (non-hydrogen) atoms. The molecule has 10 atom stereocenters. The van der Waals surface area contributed by atoms with Crippen molar-refractivity contribution in [2.24, 2.45) is 51.4 Å². The van der Waals surface area contributed by atoms with Gasteiger partial charge in [0.05, 0.1) is 18.4 Å². The Kier molecular flexibility index (Phi) is 7.16. The number of aromatic amines is 1. The highest BCUT2D eigenvalue weighted by atomic mass is 16.3. The Balaban J connectivity index is 1.06. The van der Waals surface area contributed by atoms with Crippen molar-refractivity contribution in [1.82, 2.24) is 10.4 Å². The molecule has 1 heterocycles. The van der Waals surface area contributed by atoms with Crippen LogP contribution in [0.4, 0.5) is 0 Å². The van der Waals surface area contributed by atoms with Crippen LogP contribution in [0.2, 0.25) is 0 Å². The normalized spacial score (nSPS) is 40.7. The molecule has 0 radical (unpaired) electrons. The predicted octanol–water partition coefficient (Wildman–Crippen LogP) is 6.02. The number of amides is 1. The van der Waals surface area contributed by atoms with Crippen LogP contribution in [0, 0.1) is 46.3 Å². The smallest absolute Gasteiger partial charge is 0.240 e. The first-order valence-corrected chi connectivity index (χ1v) is 15.4. The monoisotopic (exact) mass is 533 g/mol. The molecule has 0 saturated heterocycles. The quantitative estimate of drug-likeness (QED) is 0.270. The number of carbonyl (C=O) groups is 1. The minimum Gasteiger partial charge on any atom is -0.393 e. The number of aliphatic hydroxyl groups excluding tert-OH is 2. The Hall–Kier alpha value is -2.18. The summed E-state index contributed by atoms with van der Waals surface area (Å²) in [6, 6.07) is 8.07. The van der Waals surface area contributed by atoms with Gasteiger partial charge in [0.2, 0.25) is 5.91 Å². The van der Waals surface area contributed by atoms with Gasteiger partial charge in [0.25, 0.3) is 0 Å². The second kappa shape index (κ2) is 10.3. The lowest BCUT2D eigenvalue weighted by molar-refractivity contribution is -0.174. The zero-order valence-electron chi connectivity index (χ0n) is 23.9. The van der Waals surface area contributed by atoms with E-state index in [0.29, 0.717) is 41.9 Å². The number of benzene rings is 1. The number of H-pyrrole nitrogens is 1. The van der Waals surface area contributed by atoms with Crippen molar-refractivity contribution in [3.63, 3.8) is 0 Å². The van der Waals surface area contributed by atoms with Crippen molar-refractivity contribution in [1.29, 1.82) is 0 Å². The molecule has 4 fully saturated rings. The van der Waals surface area contributed by atoms with Gasteiger partial charge in [-0.05, 0) is 110 Å². The molecule has 0 aliphatic heterocycles. The van der Waals surface area contributed by atoms with Gasteiger partial charge in [-0.1, -0.05) is 39.0 Å². The molecule has 10 unspecified atom stereocenters. The van der Waals surface area contributed by atoms with Crippen LogP contribution in [0.3, 0.4) is 0 Å². The second-order valence-electron chi connectivity index (χ2n) is 14.1. The van der Waals surface area contributed by atoms with Crippen molar-refractivity contribution >= 4 is 23.0 Å². The van der Waals surface area contributed by atoms with Gasteiger partial charge in [0, 0.05) is 29.1 Å². The molecule has 0 spiro atoms. The number of aromatic nitrogens is 1. The third-order valence-electron chi connectivity index (χ3n) is 12.3. The number of hydrazone groups is 1. The fraction of sp³-hybridized carbons (Fsp3) is 0.697. The van der Waals surface area contributed by atoms with E-state index in [1.54, 1.807) is 6.21 Å². The molecule has 1 amide bonds. The first-order valence-electron chi connectivity index (χ1n) is 15.4. The lowest BCUT2D eigenvalue weighted by Gasteiger charge is -2.62. The van der Waals surface area contributed by atoms with E-state index in [9.17, 15) is 15.0 Å². The van der Waals surface area contributed by atoms with Crippen LogP contribution < -0.4 is 5.43 Å². The van der Waals surface area contributed by atoms with E-state index in [2.05, 4.69) is 36.3 Å². The van der Waals surface area contributed by atoms with E-state index < -0.39 is 0 Å². The lowest BCUT2D eigenvalue weighted by atomic mass is 9.43. The summed E-state index contributed by atoms with van der Waals surface area (Å²) < 4.78 is 0. The Morgan fingerprint density at radius 3 is 2.72 bits per heavy atom. The molecule has 1 aromatic carbocycles. The molecule has 212 valence electrons. The molecule has 6 rings (SSSR count). The van der Waals surface area contributed by atoms with Gasteiger partial charge >= 0.3 is 0 Å². The number of rotatable bonds is 6. The highest BCUT2D eigenvalue weighted by molar-refractivity contribution is 5.99. The molecule has 4 aliphatic rings. The number of fused-ring (bicyclic) bond motifs is 6. The number of para-hydroxylation sites is 1. The van der Waals surface area contributed by atoms with Crippen molar-refractivity contribution in [3.8, 4) is 0 Å². The fourth-order valence-electron chi connectivity index (χ4n) is 10.2.